The van der Waals surface area contributed by atoms with Crippen molar-refractivity contribution in [3.8, 4) is 0 Å². The quantitative estimate of drug-likeness (QED) is 0.863. The Morgan fingerprint density at radius 1 is 1.27 bits per heavy atom. The van der Waals surface area contributed by atoms with E-state index in [-0.39, 0.29) is 12.4 Å². The first-order valence-electron chi connectivity index (χ1n) is 4.86. The number of rotatable bonds is 2. The minimum atomic E-state index is 0. The molecule has 1 N–H and O–H groups in total. The highest BCUT2D eigenvalue weighted by molar-refractivity contribution is 8.13. The van der Waals surface area contributed by atoms with E-state index in [2.05, 4.69) is 29.2 Å². The monoisotopic (exact) mass is 242 g/mol. The summed E-state index contributed by atoms with van der Waals surface area (Å²) in [5.41, 5.74) is 1.29. The average molecular weight is 243 g/mol. The summed E-state index contributed by atoms with van der Waals surface area (Å²) in [5.74, 6) is 1.10. The predicted molar refractivity (Wildman–Crippen MR) is 68.9 cm³/mol. The van der Waals surface area contributed by atoms with E-state index in [0.717, 1.165) is 24.0 Å². The van der Waals surface area contributed by atoms with Crippen molar-refractivity contribution in [1.82, 2.24) is 4.90 Å². The zero-order chi connectivity index (χ0) is 9.80. The molecule has 0 aromatic heterocycles. The van der Waals surface area contributed by atoms with Crippen LogP contribution in [0.4, 0.5) is 0 Å². The van der Waals surface area contributed by atoms with E-state index in [4.69, 9.17) is 5.41 Å². The summed E-state index contributed by atoms with van der Waals surface area (Å²) in [6.45, 7) is 1.91. The summed E-state index contributed by atoms with van der Waals surface area (Å²) >= 11 is 1.65. The maximum atomic E-state index is 7.78. The van der Waals surface area contributed by atoms with Crippen molar-refractivity contribution in [3.63, 3.8) is 0 Å². The first-order valence-corrected chi connectivity index (χ1v) is 5.85. The van der Waals surface area contributed by atoms with Crippen molar-refractivity contribution in [2.75, 3.05) is 12.3 Å². The van der Waals surface area contributed by atoms with Crippen LogP contribution in [-0.4, -0.2) is 22.4 Å². The minimum Gasteiger partial charge on any atom is -0.347 e. The average Bonchev–Trinajstić information content (AvgIpc) is 2.23. The topological polar surface area (TPSA) is 27.1 Å². The van der Waals surface area contributed by atoms with Crippen LogP contribution in [0.3, 0.4) is 0 Å². The molecular weight excluding hydrogens is 228 g/mol. The van der Waals surface area contributed by atoms with Crippen LogP contribution >= 0.6 is 24.2 Å². The van der Waals surface area contributed by atoms with Gasteiger partial charge in [0, 0.05) is 18.8 Å². The van der Waals surface area contributed by atoms with Crippen molar-refractivity contribution in [2.24, 2.45) is 0 Å². The second-order valence-corrected chi connectivity index (χ2v) is 4.50. The molecule has 4 heteroatoms. The summed E-state index contributed by atoms with van der Waals surface area (Å²) in [7, 11) is 0. The van der Waals surface area contributed by atoms with Gasteiger partial charge >= 0.3 is 0 Å². The second-order valence-electron chi connectivity index (χ2n) is 3.41. The van der Waals surface area contributed by atoms with E-state index in [0.29, 0.717) is 0 Å². The Morgan fingerprint density at radius 3 is 2.67 bits per heavy atom. The highest BCUT2D eigenvalue weighted by Gasteiger charge is 2.14. The molecule has 0 radical (unpaired) electrons. The van der Waals surface area contributed by atoms with Gasteiger partial charge in [-0.1, -0.05) is 42.1 Å². The fraction of sp³-hybridized carbons (Fsp3) is 0.364. The highest BCUT2D eigenvalue weighted by Crippen LogP contribution is 2.18. The molecular formula is C11H15ClN2S. The van der Waals surface area contributed by atoms with Crippen LogP contribution in [-0.2, 0) is 6.54 Å². The number of thioether (sulfide) groups is 1. The lowest BCUT2D eigenvalue weighted by atomic mass is 10.2. The largest absolute Gasteiger partial charge is 0.347 e. The lowest BCUT2D eigenvalue weighted by molar-refractivity contribution is 0.413. The van der Waals surface area contributed by atoms with Crippen LogP contribution in [0.15, 0.2) is 30.3 Å². The Balaban J connectivity index is 0.00000112. The maximum absolute atomic E-state index is 7.78. The van der Waals surface area contributed by atoms with Crippen LogP contribution in [0, 0.1) is 5.41 Å². The number of benzene rings is 1. The summed E-state index contributed by atoms with van der Waals surface area (Å²) < 4.78 is 0. The molecule has 0 aliphatic carbocycles. The fourth-order valence-electron chi connectivity index (χ4n) is 1.57. The van der Waals surface area contributed by atoms with Crippen molar-refractivity contribution >= 4 is 29.3 Å². The molecule has 1 aromatic carbocycles. The van der Waals surface area contributed by atoms with Crippen LogP contribution in [0.1, 0.15) is 12.0 Å². The molecule has 0 spiro atoms. The van der Waals surface area contributed by atoms with E-state index >= 15 is 0 Å². The Kier molecular flexibility index (Phi) is 4.99. The molecule has 82 valence electrons. The number of halogens is 1. The molecule has 1 fully saturated rings. The lowest BCUT2D eigenvalue weighted by Crippen LogP contribution is -2.32. The number of hydrogen-bond acceptors (Lipinski definition) is 2. The van der Waals surface area contributed by atoms with Gasteiger partial charge in [-0.3, -0.25) is 5.41 Å². The van der Waals surface area contributed by atoms with E-state index < -0.39 is 0 Å². The number of amidine groups is 1. The molecule has 1 aliphatic heterocycles. The van der Waals surface area contributed by atoms with Gasteiger partial charge in [-0.25, -0.2) is 0 Å². The Morgan fingerprint density at radius 2 is 2.00 bits per heavy atom. The Hall–Kier alpha value is -0.670. The normalized spacial score (nSPS) is 16.0. The van der Waals surface area contributed by atoms with Gasteiger partial charge in [-0.15, -0.1) is 12.4 Å². The van der Waals surface area contributed by atoms with Crippen LogP contribution < -0.4 is 0 Å². The molecule has 1 saturated heterocycles. The zero-order valence-corrected chi connectivity index (χ0v) is 10.1. The molecule has 2 rings (SSSR count). The summed E-state index contributed by atoms with van der Waals surface area (Å²) in [6.07, 6.45) is 1.19. The lowest BCUT2D eigenvalue weighted by Gasteiger charge is -2.28. The summed E-state index contributed by atoms with van der Waals surface area (Å²) in [4.78, 5) is 2.14. The summed E-state index contributed by atoms with van der Waals surface area (Å²) in [6, 6.07) is 10.4. The van der Waals surface area contributed by atoms with Crippen LogP contribution in [0.5, 0.6) is 0 Å². The van der Waals surface area contributed by atoms with Crippen molar-refractivity contribution in [3.05, 3.63) is 35.9 Å². The predicted octanol–water partition coefficient (Wildman–Crippen LogP) is 2.98. The van der Waals surface area contributed by atoms with E-state index in [1.807, 2.05) is 6.07 Å². The third kappa shape index (κ3) is 3.43. The number of hydrogen-bond donors (Lipinski definition) is 1. The van der Waals surface area contributed by atoms with Crippen LogP contribution in [0.2, 0.25) is 0 Å². The fourth-order valence-corrected chi connectivity index (χ4v) is 2.38. The molecule has 0 amide bonds. The highest BCUT2D eigenvalue weighted by atomic mass is 35.5. The smallest absolute Gasteiger partial charge is 0.156 e. The van der Waals surface area contributed by atoms with Crippen LogP contribution in [0.25, 0.3) is 0 Å². The number of nitrogens with zero attached hydrogens (tertiary/aromatic N) is 1. The van der Waals surface area contributed by atoms with Gasteiger partial charge in [0.15, 0.2) is 5.17 Å². The first-order chi connectivity index (χ1) is 6.86. The Labute approximate surface area is 101 Å². The van der Waals surface area contributed by atoms with Gasteiger partial charge < -0.3 is 4.90 Å². The third-order valence-electron chi connectivity index (χ3n) is 2.31. The molecule has 0 unspecified atom stereocenters. The number of nitrogens with one attached hydrogen (secondary N) is 1. The Bertz CT molecular complexity index is 316. The molecule has 0 saturated carbocycles. The standard InChI is InChI=1S/C11H14N2S.ClH/c12-11-13(7-4-8-14-11)9-10-5-2-1-3-6-10;/h1-3,5-6,12H,4,7-9H2;1H. The second kappa shape index (κ2) is 6.03. The molecule has 0 bridgehead atoms. The molecule has 15 heavy (non-hydrogen) atoms. The van der Waals surface area contributed by atoms with Crippen molar-refractivity contribution < 1.29 is 0 Å². The maximum Gasteiger partial charge on any atom is 0.156 e. The van der Waals surface area contributed by atoms with Crippen molar-refractivity contribution in [2.45, 2.75) is 13.0 Å². The van der Waals surface area contributed by atoms with Gasteiger partial charge in [-0.05, 0) is 12.0 Å². The zero-order valence-electron chi connectivity index (χ0n) is 8.48. The van der Waals surface area contributed by atoms with Gasteiger partial charge in [0.05, 0.1) is 0 Å². The molecule has 1 heterocycles. The SMILES string of the molecule is Cl.N=C1SCCCN1Cc1ccccc1. The van der Waals surface area contributed by atoms with Gasteiger partial charge in [0.2, 0.25) is 0 Å². The van der Waals surface area contributed by atoms with Crippen molar-refractivity contribution in [1.29, 1.82) is 5.41 Å². The molecule has 0 atom stereocenters. The van der Waals surface area contributed by atoms with E-state index in [9.17, 15) is 0 Å². The minimum absolute atomic E-state index is 0. The van der Waals surface area contributed by atoms with Gasteiger partial charge in [0.1, 0.15) is 0 Å². The molecule has 1 aromatic rings. The van der Waals surface area contributed by atoms with E-state index in [1.54, 1.807) is 11.8 Å². The summed E-state index contributed by atoms with van der Waals surface area (Å²) in [5, 5.41) is 8.51. The van der Waals surface area contributed by atoms with E-state index in [1.165, 1.54) is 12.0 Å². The first kappa shape index (κ1) is 12.4. The van der Waals surface area contributed by atoms with Gasteiger partial charge in [-0.2, -0.15) is 0 Å². The molecule has 2 nitrogen and oxygen atoms in total. The van der Waals surface area contributed by atoms with Gasteiger partial charge in [0.25, 0.3) is 0 Å². The molecule has 1 aliphatic rings. The third-order valence-corrected chi connectivity index (χ3v) is 3.34.